The molecule has 0 radical (unpaired) electrons. The maximum Gasteiger partial charge on any atom is 0.226 e. The first kappa shape index (κ1) is 17.1. The molecule has 3 aromatic rings. The molecule has 128 valence electrons. The van der Waals surface area contributed by atoms with Crippen molar-refractivity contribution in [2.45, 2.75) is 19.8 Å². The number of hydrogen-bond acceptors (Lipinski definition) is 5. The number of rotatable bonds is 7. The summed E-state index contributed by atoms with van der Waals surface area (Å²) in [5, 5.41) is 3.46. The van der Waals surface area contributed by atoms with Crippen molar-refractivity contribution in [2.24, 2.45) is 0 Å². The number of amides is 1. The van der Waals surface area contributed by atoms with E-state index in [2.05, 4.69) is 15.3 Å². The summed E-state index contributed by atoms with van der Waals surface area (Å²) < 4.78 is 5.59. The molecule has 5 nitrogen and oxygen atoms in total. The van der Waals surface area contributed by atoms with Crippen molar-refractivity contribution in [1.29, 1.82) is 0 Å². The number of pyridine rings is 1. The van der Waals surface area contributed by atoms with Gasteiger partial charge in [-0.3, -0.25) is 9.78 Å². The van der Waals surface area contributed by atoms with E-state index in [4.69, 9.17) is 4.74 Å². The van der Waals surface area contributed by atoms with E-state index < -0.39 is 0 Å². The van der Waals surface area contributed by atoms with Crippen molar-refractivity contribution < 1.29 is 9.53 Å². The van der Waals surface area contributed by atoms with Gasteiger partial charge in [-0.2, -0.15) is 0 Å². The number of aromatic nitrogens is 2. The highest BCUT2D eigenvalue weighted by Gasteiger charge is 2.12. The lowest BCUT2D eigenvalue weighted by Gasteiger charge is -2.05. The lowest BCUT2D eigenvalue weighted by atomic mass is 10.3. The smallest absolute Gasteiger partial charge is 0.226 e. The number of aryl methyl sites for hydroxylation is 1. The number of para-hydroxylation sites is 1. The second-order valence-electron chi connectivity index (χ2n) is 5.46. The summed E-state index contributed by atoms with van der Waals surface area (Å²) in [5.74, 6) is 0.761. The average molecular weight is 353 g/mol. The summed E-state index contributed by atoms with van der Waals surface area (Å²) in [6, 6.07) is 15.3. The molecule has 0 aliphatic heterocycles. The molecule has 2 heterocycles. The molecule has 1 N–H and O–H groups in total. The zero-order chi connectivity index (χ0) is 17.5. The fraction of sp³-hybridized carbons (Fsp3) is 0.211. The summed E-state index contributed by atoms with van der Waals surface area (Å²) >= 11 is 1.44. The highest BCUT2D eigenvalue weighted by Crippen LogP contribution is 2.31. The molecular formula is C19H19N3O2S. The van der Waals surface area contributed by atoms with Gasteiger partial charge in [-0.1, -0.05) is 35.6 Å². The van der Waals surface area contributed by atoms with Gasteiger partial charge in [0.1, 0.15) is 5.75 Å². The SMILES string of the molecule is Cc1nc(NC(=O)CCCOc2ccccc2)sc1-c1ccccn1. The predicted molar refractivity (Wildman–Crippen MR) is 99.9 cm³/mol. The Balaban J connectivity index is 1.48. The van der Waals surface area contributed by atoms with E-state index in [1.807, 2.05) is 55.5 Å². The Morgan fingerprint density at radius 3 is 2.72 bits per heavy atom. The number of ether oxygens (including phenoxy) is 1. The molecule has 25 heavy (non-hydrogen) atoms. The van der Waals surface area contributed by atoms with Crippen molar-refractivity contribution >= 4 is 22.4 Å². The van der Waals surface area contributed by atoms with E-state index in [-0.39, 0.29) is 5.91 Å². The lowest BCUT2D eigenvalue weighted by Crippen LogP contribution is -2.12. The third kappa shape index (κ3) is 4.87. The second-order valence-corrected chi connectivity index (χ2v) is 6.46. The average Bonchev–Trinajstić information content (AvgIpc) is 3.00. The van der Waals surface area contributed by atoms with Crippen LogP contribution in [0.25, 0.3) is 10.6 Å². The third-order valence-corrected chi connectivity index (χ3v) is 4.60. The first-order valence-corrected chi connectivity index (χ1v) is 8.90. The van der Waals surface area contributed by atoms with Crippen LogP contribution in [0.2, 0.25) is 0 Å². The minimum atomic E-state index is -0.0574. The Morgan fingerprint density at radius 1 is 1.16 bits per heavy atom. The topological polar surface area (TPSA) is 64.1 Å². The minimum Gasteiger partial charge on any atom is -0.494 e. The van der Waals surface area contributed by atoms with Crippen LogP contribution in [0.5, 0.6) is 5.75 Å². The zero-order valence-corrected chi connectivity index (χ0v) is 14.8. The summed E-state index contributed by atoms with van der Waals surface area (Å²) in [4.78, 5) is 21.8. The summed E-state index contributed by atoms with van der Waals surface area (Å²) in [5.41, 5.74) is 1.74. The Morgan fingerprint density at radius 2 is 1.96 bits per heavy atom. The van der Waals surface area contributed by atoms with Gasteiger partial charge in [0.15, 0.2) is 5.13 Å². The van der Waals surface area contributed by atoms with Crippen LogP contribution in [0.15, 0.2) is 54.7 Å². The monoisotopic (exact) mass is 353 g/mol. The number of nitrogens with one attached hydrogen (secondary N) is 1. The number of nitrogens with zero attached hydrogens (tertiary/aromatic N) is 2. The van der Waals surface area contributed by atoms with Crippen LogP contribution < -0.4 is 10.1 Å². The van der Waals surface area contributed by atoms with Crippen LogP contribution in [0.1, 0.15) is 18.5 Å². The van der Waals surface area contributed by atoms with Crippen molar-refractivity contribution in [3.8, 4) is 16.3 Å². The highest BCUT2D eigenvalue weighted by atomic mass is 32.1. The fourth-order valence-corrected chi connectivity index (χ4v) is 3.27. The molecule has 0 bridgehead atoms. The molecule has 0 fully saturated rings. The first-order chi connectivity index (χ1) is 12.2. The number of carbonyl (C=O) groups is 1. The number of anilines is 1. The highest BCUT2D eigenvalue weighted by molar-refractivity contribution is 7.19. The molecule has 1 amide bonds. The van der Waals surface area contributed by atoms with Crippen molar-refractivity contribution in [1.82, 2.24) is 9.97 Å². The zero-order valence-electron chi connectivity index (χ0n) is 13.9. The van der Waals surface area contributed by atoms with Crippen LogP contribution in [0, 0.1) is 6.92 Å². The van der Waals surface area contributed by atoms with E-state index in [1.165, 1.54) is 11.3 Å². The molecule has 0 aliphatic carbocycles. The van der Waals surface area contributed by atoms with E-state index in [0.29, 0.717) is 24.6 Å². The maximum atomic E-state index is 12.1. The van der Waals surface area contributed by atoms with Gasteiger partial charge in [0.05, 0.1) is 22.9 Å². The Labute approximate surface area is 150 Å². The third-order valence-electron chi connectivity index (χ3n) is 3.50. The standard InChI is InChI=1S/C19H19N3O2S/c1-14-18(16-10-5-6-12-20-16)25-19(21-14)22-17(23)11-7-13-24-15-8-3-2-4-9-15/h2-6,8-10,12H,7,11,13H2,1H3,(H,21,22,23). The summed E-state index contributed by atoms with van der Waals surface area (Å²) in [6.07, 6.45) is 2.79. The van der Waals surface area contributed by atoms with Gasteiger partial charge in [-0.15, -0.1) is 0 Å². The molecule has 2 aromatic heterocycles. The van der Waals surface area contributed by atoms with Crippen LogP contribution in [-0.4, -0.2) is 22.5 Å². The molecular weight excluding hydrogens is 334 g/mol. The van der Waals surface area contributed by atoms with Crippen LogP contribution in [-0.2, 0) is 4.79 Å². The van der Waals surface area contributed by atoms with Gasteiger partial charge >= 0.3 is 0 Å². The molecule has 0 saturated heterocycles. The number of benzene rings is 1. The van der Waals surface area contributed by atoms with Gasteiger partial charge in [0, 0.05) is 12.6 Å². The van der Waals surface area contributed by atoms with E-state index in [0.717, 1.165) is 22.0 Å². The molecule has 6 heteroatoms. The normalized spacial score (nSPS) is 10.4. The van der Waals surface area contributed by atoms with Crippen molar-refractivity contribution in [3.63, 3.8) is 0 Å². The molecule has 0 aliphatic rings. The molecule has 0 saturated carbocycles. The van der Waals surface area contributed by atoms with Gasteiger partial charge in [-0.25, -0.2) is 4.98 Å². The van der Waals surface area contributed by atoms with E-state index in [9.17, 15) is 4.79 Å². The number of thiazole rings is 1. The summed E-state index contributed by atoms with van der Waals surface area (Å²) in [6.45, 7) is 2.43. The van der Waals surface area contributed by atoms with Crippen molar-refractivity contribution in [2.75, 3.05) is 11.9 Å². The van der Waals surface area contributed by atoms with Crippen LogP contribution in [0.3, 0.4) is 0 Å². The van der Waals surface area contributed by atoms with Crippen LogP contribution in [0.4, 0.5) is 5.13 Å². The van der Waals surface area contributed by atoms with Gasteiger partial charge in [-0.05, 0) is 37.6 Å². The number of hydrogen-bond donors (Lipinski definition) is 1. The fourth-order valence-electron chi connectivity index (χ4n) is 2.31. The first-order valence-electron chi connectivity index (χ1n) is 8.09. The molecule has 0 atom stereocenters. The quantitative estimate of drug-likeness (QED) is 0.643. The van der Waals surface area contributed by atoms with E-state index in [1.54, 1.807) is 6.20 Å². The van der Waals surface area contributed by atoms with Crippen molar-refractivity contribution in [3.05, 3.63) is 60.4 Å². The largest absolute Gasteiger partial charge is 0.494 e. The van der Waals surface area contributed by atoms with Gasteiger partial charge in [0.25, 0.3) is 0 Å². The predicted octanol–water partition coefficient (Wildman–Crippen LogP) is 4.31. The lowest BCUT2D eigenvalue weighted by molar-refractivity contribution is -0.116. The number of carbonyl (C=O) groups excluding carboxylic acids is 1. The molecule has 0 spiro atoms. The molecule has 1 aromatic carbocycles. The summed E-state index contributed by atoms with van der Waals surface area (Å²) in [7, 11) is 0. The van der Waals surface area contributed by atoms with Crippen LogP contribution >= 0.6 is 11.3 Å². The van der Waals surface area contributed by atoms with E-state index >= 15 is 0 Å². The van der Waals surface area contributed by atoms with Gasteiger partial charge < -0.3 is 10.1 Å². The second kappa shape index (κ2) is 8.39. The maximum absolute atomic E-state index is 12.1. The Bertz CT molecular complexity index is 819. The Hall–Kier alpha value is -2.73. The minimum absolute atomic E-state index is 0.0574. The van der Waals surface area contributed by atoms with Gasteiger partial charge in [0.2, 0.25) is 5.91 Å². The molecule has 3 rings (SSSR count). The Kier molecular flexibility index (Phi) is 5.74. The molecule has 0 unspecified atom stereocenters.